The van der Waals surface area contributed by atoms with Crippen LogP contribution in [-0.4, -0.2) is 55.6 Å². The van der Waals surface area contributed by atoms with Crippen molar-refractivity contribution in [1.29, 1.82) is 0 Å². The van der Waals surface area contributed by atoms with E-state index < -0.39 is 0 Å². The molecule has 5 nitrogen and oxygen atoms in total. The summed E-state index contributed by atoms with van der Waals surface area (Å²) < 4.78 is 0. The minimum Gasteiger partial charge on any atom is -0.336 e. The summed E-state index contributed by atoms with van der Waals surface area (Å²) in [5, 5.41) is 10.2. The molecule has 0 aliphatic carbocycles. The van der Waals surface area contributed by atoms with Crippen molar-refractivity contribution in [2.45, 2.75) is 13.0 Å². The van der Waals surface area contributed by atoms with Crippen LogP contribution in [0.1, 0.15) is 17.2 Å². The lowest BCUT2D eigenvalue weighted by Gasteiger charge is -2.37. The Labute approximate surface area is 153 Å². The fraction of sp³-hybridized carbons (Fsp3) is 0.421. The van der Waals surface area contributed by atoms with Gasteiger partial charge in [-0.3, -0.25) is 4.90 Å². The van der Waals surface area contributed by atoms with E-state index in [1.165, 1.54) is 11.1 Å². The largest absolute Gasteiger partial charge is 0.336 e. The average molecular weight is 359 g/mol. The Bertz CT molecular complexity index is 663. The number of urea groups is 1. The molecule has 2 heterocycles. The van der Waals surface area contributed by atoms with Gasteiger partial charge in [0.2, 0.25) is 0 Å². The van der Waals surface area contributed by atoms with Gasteiger partial charge < -0.3 is 15.5 Å². The first kappa shape index (κ1) is 17.9. The normalized spacial score (nSPS) is 17.2. The monoisotopic (exact) mass is 358 g/mol. The summed E-state index contributed by atoms with van der Waals surface area (Å²) in [5.41, 5.74) is 3.28. The first-order valence-corrected chi connectivity index (χ1v) is 9.62. The predicted octanol–water partition coefficient (Wildman–Crippen LogP) is 3.17. The number of carbonyl (C=O) groups is 1. The molecule has 1 atom stereocenters. The number of likely N-dealkylation sites (N-methyl/N-ethyl adjacent to an activating group) is 1. The first-order valence-electron chi connectivity index (χ1n) is 8.68. The van der Waals surface area contributed by atoms with Crippen molar-refractivity contribution >= 4 is 23.1 Å². The zero-order valence-electron chi connectivity index (χ0n) is 14.9. The number of anilines is 1. The van der Waals surface area contributed by atoms with Gasteiger partial charge in [-0.15, -0.1) is 0 Å². The van der Waals surface area contributed by atoms with Crippen molar-refractivity contribution in [3.8, 4) is 0 Å². The highest BCUT2D eigenvalue weighted by molar-refractivity contribution is 7.07. The first-order chi connectivity index (χ1) is 12.1. The lowest BCUT2D eigenvalue weighted by molar-refractivity contribution is 0.111. The molecule has 1 aliphatic rings. The van der Waals surface area contributed by atoms with E-state index >= 15 is 0 Å². The SMILES string of the molecule is Cc1ccc(NC(=O)NCC(c2ccsc2)N2CCN(C)CC2)cc1. The van der Waals surface area contributed by atoms with Crippen LogP contribution < -0.4 is 10.6 Å². The highest BCUT2D eigenvalue weighted by Gasteiger charge is 2.24. The second-order valence-electron chi connectivity index (χ2n) is 6.61. The van der Waals surface area contributed by atoms with Gasteiger partial charge in [0.1, 0.15) is 0 Å². The molecule has 1 unspecified atom stereocenters. The van der Waals surface area contributed by atoms with Gasteiger partial charge in [0, 0.05) is 38.4 Å². The molecule has 2 amide bonds. The molecule has 0 bridgehead atoms. The van der Waals surface area contributed by atoms with Gasteiger partial charge in [0.15, 0.2) is 0 Å². The van der Waals surface area contributed by atoms with Crippen LogP contribution in [0, 0.1) is 6.92 Å². The third-order valence-corrected chi connectivity index (χ3v) is 5.37. The van der Waals surface area contributed by atoms with Gasteiger partial charge in [0.25, 0.3) is 0 Å². The highest BCUT2D eigenvalue weighted by Crippen LogP contribution is 2.23. The quantitative estimate of drug-likeness (QED) is 0.863. The van der Waals surface area contributed by atoms with Crippen molar-refractivity contribution in [3.05, 3.63) is 52.2 Å². The number of aryl methyl sites for hydroxylation is 1. The summed E-state index contributed by atoms with van der Waals surface area (Å²) >= 11 is 1.71. The molecule has 134 valence electrons. The molecule has 2 aromatic rings. The third-order valence-electron chi connectivity index (χ3n) is 4.67. The van der Waals surface area contributed by atoms with Crippen LogP contribution >= 0.6 is 11.3 Å². The molecule has 0 spiro atoms. The number of hydrogen-bond donors (Lipinski definition) is 2. The number of piperazine rings is 1. The third kappa shape index (κ3) is 5.04. The molecule has 1 saturated heterocycles. The molecule has 25 heavy (non-hydrogen) atoms. The molecule has 1 aromatic heterocycles. The molecule has 3 rings (SSSR count). The fourth-order valence-electron chi connectivity index (χ4n) is 3.06. The molecule has 1 aromatic carbocycles. The van der Waals surface area contributed by atoms with Crippen LogP contribution in [0.4, 0.5) is 10.5 Å². The Balaban J connectivity index is 1.58. The molecule has 6 heteroatoms. The minimum atomic E-state index is -0.154. The van der Waals surface area contributed by atoms with Gasteiger partial charge in [-0.05, 0) is 48.5 Å². The lowest BCUT2D eigenvalue weighted by atomic mass is 10.1. The topological polar surface area (TPSA) is 47.6 Å². The zero-order valence-corrected chi connectivity index (χ0v) is 15.7. The minimum absolute atomic E-state index is 0.154. The zero-order chi connectivity index (χ0) is 17.6. The molecular weight excluding hydrogens is 332 g/mol. The van der Waals surface area contributed by atoms with Gasteiger partial charge >= 0.3 is 6.03 Å². The number of thiophene rings is 1. The van der Waals surface area contributed by atoms with Crippen molar-refractivity contribution in [1.82, 2.24) is 15.1 Å². The molecule has 2 N–H and O–H groups in total. The second-order valence-corrected chi connectivity index (χ2v) is 7.39. The standard InChI is InChI=1S/C19H26N4OS/c1-15-3-5-17(6-4-15)21-19(24)20-13-18(16-7-12-25-14-16)23-10-8-22(2)9-11-23/h3-7,12,14,18H,8-11,13H2,1-2H3,(H2,20,21,24). The number of amides is 2. The number of rotatable bonds is 5. The smallest absolute Gasteiger partial charge is 0.319 e. The molecule has 0 radical (unpaired) electrons. The Hall–Kier alpha value is -1.89. The molecule has 0 saturated carbocycles. The van der Waals surface area contributed by atoms with E-state index in [0.29, 0.717) is 6.54 Å². The second kappa shape index (κ2) is 8.47. The molecule has 1 fully saturated rings. The molecular formula is C19H26N4OS. The summed E-state index contributed by atoms with van der Waals surface area (Å²) in [4.78, 5) is 17.1. The summed E-state index contributed by atoms with van der Waals surface area (Å²) in [7, 11) is 2.16. The summed E-state index contributed by atoms with van der Waals surface area (Å²) in [6, 6.07) is 10.1. The molecule has 1 aliphatic heterocycles. The Morgan fingerprint density at radius 3 is 2.52 bits per heavy atom. The summed E-state index contributed by atoms with van der Waals surface area (Å²) in [6.45, 7) is 6.83. The maximum atomic E-state index is 12.3. The predicted molar refractivity (Wildman–Crippen MR) is 104 cm³/mol. The number of nitrogens with zero attached hydrogens (tertiary/aromatic N) is 2. The van der Waals surface area contributed by atoms with Crippen LogP contribution in [0.25, 0.3) is 0 Å². The van der Waals surface area contributed by atoms with E-state index in [-0.39, 0.29) is 12.1 Å². The maximum absolute atomic E-state index is 12.3. The van der Waals surface area contributed by atoms with E-state index in [9.17, 15) is 4.79 Å². The Kier molecular flexibility index (Phi) is 6.07. The van der Waals surface area contributed by atoms with Gasteiger partial charge in [0.05, 0.1) is 6.04 Å². The van der Waals surface area contributed by atoms with Crippen LogP contribution in [-0.2, 0) is 0 Å². The van der Waals surface area contributed by atoms with Crippen LogP contribution in [0.3, 0.4) is 0 Å². The maximum Gasteiger partial charge on any atom is 0.319 e. The van der Waals surface area contributed by atoms with Gasteiger partial charge in [-0.1, -0.05) is 17.7 Å². The average Bonchev–Trinajstić information content (AvgIpc) is 3.13. The van der Waals surface area contributed by atoms with Crippen molar-refractivity contribution in [3.63, 3.8) is 0 Å². The number of benzene rings is 1. The van der Waals surface area contributed by atoms with Crippen LogP contribution in [0.5, 0.6) is 0 Å². The van der Waals surface area contributed by atoms with Crippen molar-refractivity contribution in [2.24, 2.45) is 0 Å². The van der Waals surface area contributed by atoms with Crippen molar-refractivity contribution in [2.75, 3.05) is 45.1 Å². The number of carbonyl (C=O) groups excluding carboxylic acids is 1. The summed E-state index contributed by atoms with van der Waals surface area (Å²) in [6.07, 6.45) is 0. The van der Waals surface area contributed by atoms with Gasteiger partial charge in [-0.25, -0.2) is 4.79 Å². The van der Waals surface area contributed by atoms with E-state index in [0.717, 1.165) is 31.9 Å². The van der Waals surface area contributed by atoms with Gasteiger partial charge in [-0.2, -0.15) is 11.3 Å². The van der Waals surface area contributed by atoms with Crippen LogP contribution in [0.2, 0.25) is 0 Å². The Morgan fingerprint density at radius 2 is 1.88 bits per heavy atom. The number of nitrogens with one attached hydrogen (secondary N) is 2. The van der Waals surface area contributed by atoms with Crippen LogP contribution in [0.15, 0.2) is 41.1 Å². The number of hydrogen-bond acceptors (Lipinski definition) is 4. The summed E-state index contributed by atoms with van der Waals surface area (Å²) in [5.74, 6) is 0. The highest BCUT2D eigenvalue weighted by atomic mass is 32.1. The van der Waals surface area contributed by atoms with E-state index in [1.54, 1.807) is 11.3 Å². The fourth-order valence-corrected chi connectivity index (χ4v) is 3.76. The lowest BCUT2D eigenvalue weighted by Crippen LogP contribution is -2.48. The van der Waals surface area contributed by atoms with E-state index in [4.69, 9.17) is 0 Å². The Morgan fingerprint density at radius 1 is 1.16 bits per heavy atom. The van der Waals surface area contributed by atoms with E-state index in [1.807, 2.05) is 31.2 Å². The van der Waals surface area contributed by atoms with E-state index in [2.05, 4.69) is 44.3 Å². The van der Waals surface area contributed by atoms with Crippen molar-refractivity contribution < 1.29 is 4.79 Å².